The molecular formula is C53H35N3. The molecule has 0 radical (unpaired) electrons. The number of aromatic nitrogens is 2. The molecule has 0 fully saturated rings. The van der Waals surface area contributed by atoms with E-state index in [0.717, 1.165) is 33.9 Å². The van der Waals surface area contributed by atoms with Crippen LogP contribution in [0.15, 0.2) is 212 Å². The second-order valence-electron chi connectivity index (χ2n) is 14.4. The molecule has 0 atom stereocenters. The Morgan fingerprint density at radius 1 is 0.339 bits per heavy atom. The van der Waals surface area contributed by atoms with Crippen LogP contribution in [-0.4, -0.2) is 9.38 Å². The standard InChI is InChI=1S/C53H35N3/c1-2-12-36(13-3-1)37-23-28-41(29-24-37)55(42-30-25-38(26-31-42)50-21-8-9-33-54-50)43-15-10-14-39(34-43)44-16-4-5-17-45(44)40-27-32-52-49(35-40)48-20-11-19-47-46-18-6-7-22-51(46)56(52)53(47)48/h1-35H. The van der Waals surface area contributed by atoms with Crippen LogP contribution in [0.5, 0.6) is 0 Å². The van der Waals surface area contributed by atoms with E-state index in [9.17, 15) is 0 Å². The average Bonchev–Trinajstić information content (AvgIpc) is 3.80. The van der Waals surface area contributed by atoms with Gasteiger partial charge in [0.25, 0.3) is 0 Å². The van der Waals surface area contributed by atoms with Crippen LogP contribution in [0, 0.1) is 0 Å². The third-order valence-electron chi connectivity index (χ3n) is 11.2. The minimum Gasteiger partial charge on any atom is -0.310 e. The number of anilines is 3. The lowest BCUT2D eigenvalue weighted by atomic mass is 9.93. The fourth-order valence-corrected chi connectivity index (χ4v) is 8.60. The molecule has 0 saturated carbocycles. The SMILES string of the molecule is c1ccc(-c2ccc(N(c3ccc(-c4ccccn4)cc3)c3cccc(-c4ccccc4-c4ccc5c(c4)c4cccc6c7ccccc7n5c64)c3)cc2)cc1. The largest absolute Gasteiger partial charge is 0.310 e. The zero-order chi connectivity index (χ0) is 37.0. The Balaban J connectivity index is 1.02. The molecule has 3 aromatic heterocycles. The lowest BCUT2D eigenvalue weighted by Crippen LogP contribution is -2.10. The monoisotopic (exact) mass is 713 g/mol. The molecule has 0 unspecified atom stereocenters. The van der Waals surface area contributed by atoms with Gasteiger partial charge in [-0.05, 0) is 100 Å². The highest BCUT2D eigenvalue weighted by Crippen LogP contribution is 2.43. The summed E-state index contributed by atoms with van der Waals surface area (Å²) in [5, 5.41) is 5.17. The van der Waals surface area contributed by atoms with Gasteiger partial charge in [0, 0.05) is 50.4 Å². The predicted molar refractivity (Wildman–Crippen MR) is 235 cm³/mol. The van der Waals surface area contributed by atoms with Crippen molar-refractivity contribution in [3.8, 4) is 44.6 Å². The van der Waals surface area contributed by atoms with E-state index < -0.39 is 0 Å². The molecule has 0 bridgehead atoms. The maximum atomic E-state index is 4.59. The van der Waals surface area contributed by atoms with Crippen molar-refractivity contribution < 1.29 is 0 Å². The van der Waals surface area contributed by atoms with Crippen molar-refractivity contribution in [2.45, 2.75) is 0 Å². The molecule has 8 aromatic carbocycles. The Morgan fingerprint density at radius 3 is 1.64 bits per heavy atom. The molecule has 11 aromatic rings. The van der Waals surface area contributed by atoms with Crippen LogP contribution in [0.3, 0.4) is 0 Å². The third-order valence-corrected chi connectivity index (χ3v) is 11.2. The van der Waals surface area contributed by atoms with Crippen molar-refractivity contribution in [2.75, 3.05) is 4.90 Å². The lowest BCUT2D eigenvalue weighted by Gasteiger charge is -2.26. The van der Waals surface area contributed by atoms with Gasteiger partial charge in [-0.25, -0.2) is 0 Å². The smallest absolute Gasteiger partial charge is 0.0701 e. The number of hydrogen-bond acceptors (Lipinski definition) is 2. The van der Waals surface area contributed by atoms with E-state index >= 15 is 0 Å². The molecule has 0 N–H and O–H groups in total. The minimum absolute atomic E-state index is 0.960. The zero-order valence-electron chi connectivity index (χ0n) is 30.5. The zero-order valence-corrected chi connectivity index (χ0v) is 30.5. The summed E-state index contributed by atoms with van der Waals surface area (Å²) in [7, 11) is 0. The normalized spacial score (nSPS) is 11.6. The summed E-state index contributed by atoms with van der Waals surface area (Å²) in [6, 6.07) is 74.4. The molecule has 0 aliphatic carbocycles. The first-order chi connectivity index (χ1) is 27.8. The molecule has 3 nitrogen and oxygen atoms in total. The van der Waals surface area contributed by atoms with Crippen LogP contribution in [0.2, 0.25) is 0 Å². The second kappa shape index (κ2) is 13.1. The Morgan fingerprint density at radius 2 is 0.893 bits per heavy atom. The van der Waals surface area contributed by atoms with Crippen molar-refractivity contribution in [1.82, 2.24) is 9.38 Å². The number of benzene rings is 8. The summed E-state index contributed by atoms with van der Waals surface area (Å²) in [5.41, 5.74) is 16.2. The van der Waals surface area contributed by atoms with Gasteiger partial charge in [-0.2, -0.15) is 0 Å². The van der Waals surface area contributed by atoms with Gasteiger partial charge in [0.1, 0.15) is 0 Å². The van der Waals surface area contributed by atoms with Crippen molar-refractivity contribution in [2.24, 2.45) is 0 Å². The summed E-state index contributed by atoms with van der Waals surface area (Å²) in [6.07, 6.45) is 1.84. The molecular weight excluding hydrogens is 679 g/mol. The summed E-state index contributed by atoms with van der Waals surface area (Å²) >= 11 is 0. The number of pyridine rings is 1. The molecule has 3 heterocycles. The van der Waals surface area contributed by atoms with Crippen LogP contribution < -0.4 is 4.90 Å². The highest BCUT2D eigenvalue weighted by atomic mass is 15.1. The molecule has 0 spiro atoms. The van der Waals surface area contributed by atoms with E-state index in [1.165, 1.54) is 65.9 Å². The predicted octanol–water partition coefficient (Wildman–Crippen LogP) is 14.4. The Hall–Kier alpha value is -7.49. The number of hydrogen-bond donors (Lipinski definition) is 0. The maximum Gasteiger partial charge on any atom is 0.0701 e. The molecule has 3 heteroatoms. The van der Waals surface area contributed by atoms with E-state index in [1.807, 2.05) is 18.3 Å². The van der Waals surface area contributed by atoms with Gasteiger partial charge in [0.05, 0.1) is 22.2 Å². The number of fused-ring (bicyclic) bond motifs is 6. The molecule has 0 saturated heterocycles. The third kappa shape index (κ3) is 5.25. The van der Waals surface area contributed by atoms with E-state index in [2.05, 4.69) is 208 Å². The van der Waals surface area contributed by atoms with Crippen LogP contribution in [0.4, 0.5) is 17.1 Å². The number of para-hydroxylation sites is 2. The topological polar surface area (TPSA) is 20.5 Å². The van der Waals surface area contributed by atoms with Gasteiger partial charge in [-0.3, -0.25) is 4.98 Å². The van der Waals surface area contributed by atoms with Crippen LogP contribution in [-0.2, 0) is 0 Å². The van der Waals surface area contributed by atoms with Crippen LogP contribution in [0.25, 0.3) is 82.7 Å². The van der Waals surface area contributed by atoms with Gasteiger partial charge < -0.3 is 9.30 Å². The summed E-state index contributed by atoms with van der Waals surface area (Å²) in [6.45, 7) is 0. The Kier molecular flexibility index (Phi) is 7.49. The first-order valence-corrected chi connectivity index (χ1v) is 19.1. The van der Waals surface area contributed by atoms with Gasteiger partial charge in [-0.1, -0.05) is 140 Å². The second-order valence-corrected chi connectivity index (χ2v) is 14.4. The van der Waals surface area contributed by atoms with Crippen LogP contribution >= 0.6 is 0 Å². The maximum absolute atomic E-state index is 4.59. The lowest BCUT2D eigenvalue weighted by molar-refractivity contribution is 1.28. The quantitative estimate of drug-likeness (QED) is 0.164. The molecule has 0 amide bonds. The van der Waals surface area contributed by atoms with E-state index in [0.29, 0.717) is 0 Å². The fraction of sp³-hybridized carbons (Fsp3) is 0. The summed E-state index contributed by atoms with van der Waals surface area (Å²) in [4.78, 5) is 6.94. The Bertz CT molecular complexity index is 3080. The number of rotatable bonds is 7. The van der Waals surface area contributed by atoms with Crippen LogP contribution in [0.1, 0.15) is 0 Å². The first-order valence-electron chi connectivity index (χ1n) is 19.1. The fourth-order valence-electron chi connectivity index (χ4n) is 8.60. The van der Waals surface area contributed by atoms with Crippen molar-refractivity contribution >= 4 is 55.2 Å². The molecule has 11 rings (SSSR count). The highest BCUT2D eigenvalue weighted by Gasteiger charge is 2.19. The Labute approximate surface area is 325 Å². The minimum atomic E-state index is 0.960. The molecule has 0 aliphatic heterocycles. The van der Waals surface area contributed by atoms with Gasteiger partial charge in [-0.15, -0.1) is 0 Å². The molecule has 262 valence electrons. The highest BCUT2D eigenvalue weighted by molar-refractivity contribution is 6.23. The molecule has 0 aliphatic rings. The summed E-state index contributed by atoms with van der Waals surface area (Å²) < 4.78 is 2.44. The van der Waals surface area contributed by atoms with Crippen molar-refractivity contribution in [3.63, 3.8) is 0 Å². The number of nitrogens with zero attached hydrogens (tertiary/aromatic N) is 3. The molecule has 56 heavy (non-hydrogen) atoms. The van der Waals surface area contributed by atoms with E-state index in [4.69, 9.17) is 0 Å². The van der Waals surface area contributed by atoms with E-state index in [-0.39, 0.29) is 0 Å². The first kappa shape index (κ1) is 32.0. The van der Waals surface area contributed by atoms with Gasteiger partial charge in [0.2, 0.25) is 0 Å². The van der Waals surface area contributed by atoms with Gasteiger partial charge >= 0.3 is 0 Å². The van der Waals surface area contributed by atoms with Gasteiger partial charge in [0.15, 0.2) is 0 Å². The van der Waals surface area contributed by atoms with Crippen molar-refractivity contribution in [3.05, 3.63) is 212 Å². The summed E-state index contributed by atoms with van der Waals surface area (Å²) in [5.74, 6) is 0. The average molecular weight is 714 g/mol. The van der Waals surface area contributed by atoms with Crippen molar-refractivity contribution in [1.29, 1.82) is 0 Å². The van der Waals surface area contributed by atoms with E-state index in [1.54, 1.807) is 0 Å².